The molecule has 1 fully saturated rings. The second kappa shape index (κ2) is 6.58. The molecular weight excluding hydrogens is 264 g/mol. The summed E-state index contributed by atoms with van der Waals surface area (Å²) in [5, 5.41) is 14.1. The van der Waals surface area contributed by atoms with Gasteiger partial charge in [-0.25, -0.2) is 0 Å². The van der Waals surface area contributed by atoms with Gasteiger partial charge in [0, 0.05) is 22.8 Å². The summed E-state index contributed by atoms with van der Waals surface area (Å²) in [6, 6.07) is 6.70. The van der Waals surface area contributed by atoms with Gasteiger partial charge >= 0.3 is 0 Å². The molecule has 0 bridgehead atoms. The van der Waals surface area contributed by atoms with Gasteiger partial charge in [-0.1, -0.05) is 0 Å². The van der Waals surface area contributed by atoms with E-state index in [0.29, 0.717) is 24.3 Å². The molecule has 0 aromatic heterocycles. The minimum absolute atomic E-state index is 0.122. The highest BCUT2D eigenvalue weighted by Crippen LogP contribution is 2.18. The molecule has 0 spiro atoms. The van der Waals surface area contributed by atoms with Crippen LogP contribution in [0.4, 0.5) is 0 Å². The molecule has 1 heterocycles. The van der Waals surface area contributed by atoms with Crippen molar-refractivity contribution in [2.24, 2.45) is 0 Å². The minimum Gasteiger partial charge on any atom is -0.396 e. The molecule has 1 saturated heterocycles. The summed E-state index contributed by atoms with van der Waals surface area (Å²) < 4.78 is 0. The molecule has 0 saturated carbocycles. The van der Waals surface area contributed by atoms with E-state index in [1.165, 1.54) is 11.8 Å². The zero-order valence-corrected chi connectivity index (χ0v) is 11.2. The number of hydrogen-bond acceptors (Lipinski definition) is 4. The largest absolute Gasteiger partial charge is 0.396 e. The normalized spacial score (nSPS) is 18.2. The number of nitrogens with one attached hydrogen (secondary N) is 2. The topological polar surface area (TPSA) is 78.4 Å². The molecule has 1 aromatic carbocycles. The Morgan fingerprint density at radius 3 is 2.74 bits per heavy atom. The fourth-order valence-electron chi connectivity index (χ4n) is 1.84. The van der Waals surface area contributed by atoms with Gasteiger partial charge in [-0.05, 0) is 30.7 Å². The summed E-state index contributed by atoms with van der Waals surface area (Å²) in [5.41, 5.74) is 0.535. The summed E-state index contributed by atoms with van der Waals surface area (Å²) in [7, 11) is 0. The molecule has 1 aliphatic rings. The first-order valence-electron chi connectivity index (χ1n) is 6.13. The third-order valence-electron chi connectivity index (χ3n) is 2.83. The Hall–Kier alpha value is -1.53. The number of amides is 2. The monoisotopic (exact) mass is 280 g/mol. The van der Waals surface area contributed by atoms with Gasteiger partial charge in [-0.3, -0.25) is 9.59 Å². The van der Waals surface area contributed by atoms with Crippen molar-refractivity contribution >= 4 is 23.6 Å². The number of thioether (sulfide) groups is 1. The van der Waals surface area contributed by atoms with Crippen molar-refractivity contribution in [1.82, 2.24) is 10.6 Å². The number of aliphatic hydroxyl groups is 1. The second-order valence-corrected chi connectivity index (χ2v) is 5.37. The quantitative estimate of drug-likeness (QED) is 0.682. The Labute approximate surface area is 115 Å². The van der Waals surface area contributed by atoms with Crippen LogP contribution in [0.3, 0.4) is 0 Å². The molecule has 1 atom stereocenters. The Morgan fingerprint density at radius 1 is 1.42 bits per heavy atom. The van der Waals surface area contributed by atoms with Gasteiger partial charge in [-0.2, -0.15) is 0 Å². The number of benzene rings is 1. The van der Waals surface area contributed by atoms with Crippen LogP contribution < -0.4 is 10.6 Å². The second-order valence-electron chi connectivity index (χ2n) is 4.20. The predicted molar refractivity (Wildman–Crippen MR) is 73.1 cm³/mol. The van der Waals surface area contributed by atoms with Crippen LogP contribution in [0, 0.1) is 0 Å². The van der Waals surface area contributed by atoms with E-state index in [1.807, 2.05) is 12.1 Å². The van der Waals surface area contributed by atoms with Crippen molar-refractivity contribution in [3.8, 4) is 0 Å². The molecule has 3 N–H and O–H groups in total. The van der Waals surface area contributed by atoms with Crippen molar-refractivity contribution in [2.45, 2.75) is 17.4 Å². The van der Waals surface area contributed by atoms with E-state index in [9.17, 15) is 9.59 Å². The van der Waals surface area contributed by atoms with E-state index < -0.39 is 6.04 Å². The highest BCUT2D eigenvalue weighted by atomic mass is 32.2. The Kier molecular flexibility index (Phi) is 4.81. The van der Waals surface area contributed by atoms with E-state index in [0.717, 1.165) is 4.90 Å². The van der Waals surface area contributed by atoms with Crippen LogP contribution in [-0.4, -0.2) is 41.9 Å². The van der Waals surface area contributed by atoms with Gasteiger partial charge in [0.25, 0.3) is 5.91 Å². The van der Waals surface area contributed by atoms with Gasteiger partial charge in [0.1, 0.15) is 6.04 Å². The molecule has 102 valence electrons. The van der Waals surface area contributed by atoms with E-state index in [-0.39, 0.29) is 18.4 Å². The lowest BCUT2D eigenvalue weighted by Gasteiger charge is -2.10. The Bertz CT molecular complexity index is 461. The van der Waals surface area contributed by atoms with E-state index in [1.54, 1.807) is 12.1 Å². The highest BCUT2D eigenvalue weighted by molar-refractivity contribution is 7.99. The molecule has 2 rings (SSSR count). The smallest absolute Gasteiger partial charge is 0.251 e. The first-order chi connectivity index (χ1) is 9.20. The van der Waals surface area contributed by atoms with Crippen LogP contribution >= 0.6 is 11.8 Å². The molecule has 1 aromatic rings. The maximum atomic E-state index is 11.9. The molecule has 5 nitrogen and oxygen atoms in total. The van der Waals surface area contributed by atoms with Crippen LogP contribution in [0.5, 0.6) is 0 Å². The van der Waals surface area contributed by atoms with Crippen LogP contribution in [0.25, 0.3) is 0 Å². The Balaban J connectivity index is 1.93. The lowest BCUT2D eigenvalue weighted by atomic mass is 10.2. The van der Waals surface area contributed by atoms with Crippen molar-refractivity contribution in [1.29, 1.82) is 0 Å². The van der Waals surface area contributed by atoms with Gasteiger partial charge in [-0.15, -0.1) is 11.8 Å². The van der Waals surface area contributed by atoms with Gasteiger partial charge in [0.15, 0.2) is 0 Å². The maximum Gasteiger partial charge on any atom is 0.251 e. The molecule has 6 heteroatoms. The number of carbonyl (C=O) groups excluding carboxylic acids is 2. The summed E-state index contributed by atoms with van der Waals surface area (Å²) in [4.78, 5) is 24.3. The molecule has 2 amide bonds. The van der Waals surface area contributed by atoms with Crippen molar-refractivity contribution in [3.05, 3.63) is 29.8 Å². The number of rotatable bonds is 5. The van der Waals surface area contributed by atoms with Crippen LogP contribution in [0.1, 0.15) is 16.8 Å². The fraction of sp³-hybridized carbons (Fsp3) is 0.385. The molecular formula is C13H16N2O3S. The Morgan fingerprint density at radius 2 is 2.16 bits per heavy atom. The first-order valence-corrected chi connectivity index (χ1v) is 7.11. The zero-order valence-electron chi connectivity index (χ0n) is 10.4. The maximum absolute atomic E-state index is 11.9. The zero-order chi connectivity index (χ0) is 13.7. The van der Waals surface area contributed by atoms with Crippen LogP contribution in [0.2, 0.25) is 0 Å². The number of hydrogen-bond donors (Lipinski definition) is 3. The average Bonchev–Trinajstić information content (AvgIpc) is 2.82. The average molecular weight is 280 g/mol. The van der Waals surface area contributed by atoms with E-state index in [4.69, 9.17) is 5.11 Å². The molecule has 0 radical (unpaired) electrons. The molecule has 1 aliphatic heterocycles. The molecule has 1 unspecified atom stereocenters. The van der Waals surface area contributed by atoms with E-state index >= 15 is 0 Å². The molecule has 0 aliphatic carbocycles. The number of aliphatic hydroxyl groups excluding tert-OH is 1. The summed E-state index contributed by atoms with van der Waals surface area (Å²) >= 11 is 1.53. The van der Waals surface area contributed by atoms with Gasteiger partial charge in [0.2, 0.25) is 5.91 Å². The SMILES string of the molecule is O=C(NC1CCNC1=O)c1ccc(SCCO)cc1. The molecule has 19 heavy (non-hydrogen) atoms. The highest BCUT2D eigenvalue weighted by Gasteiger charge is 2.25. The van der Waals surface area contributed by atoms with E-state index in [2.05, 4.69) is 10.6 Å². The lowest BCUT2D eigenvalue weighted by molar-refractivity contribution is -0.120. The summed E-state index contributed by atoms with van der Waals surface area (Å²) in [6.45, 7) is 0.740. The van der Waals surface area contributed by atoms with Gasteiger partial charge in [0.05, 0.1) is 6.61 Å². The fourth-order valence-corrected chi connectivity index (χ4v) is 2.49. The van der Waals surface area contributed by atoms with Crippen LogP contribution in [-0.2, 0) is 4.79 Å². The summed E-state index contributed by atoms with van der Waals surface area (Å²) in [5.74, 6) is 0.276. The third kappa shape index (κ3) is 3.71. The van der Waals surface area contributed by atoms with Gasteiger partial charge < -0.3 is 15.7 Å². The standard InChI is InChI=1S/C13H16N2O3S/c16-7-8-19-10-3-1-9(2-4-10)12(17)15-11-5-6-14-13(11)18/h1-4,11,16H,5-8H2,(H,14,18)(H,15,17). The van der Waals surface area contributed by atoms with Crippen molar-refractivity contribution in [3.63, 3.8) is 0 Å². The van der Waals surface area contributed by atoms with Crippen molar-refractivity contribution < 1.29 is 14.7 Å². The predicted octanol–water partition coefficient (Wildman–Crippen LogP) is 0.389. The first kappa shape index (κ1) is 13.9. The minimum atomic E-state index is -0.420. The summed E-state index contributed by atoms with van der Waals surface area (Å²) in [6.07, 6.45) is 0.634. The lowest BCUT2D eigenvalue weighted by Crippen LogP contribution is -2.40. The van der Waals surface area contributed by atoms with Crippen molar-refractivity contribution in [2.75, 3.05) is 18.9 Å². The number of carbonyl (C=O) groups is 2. The van der Waals surface area contributed by atoms with Crippen LogP contribution in [0.15, 0.2) is 29.2 Å². The third-order valence-corrected chi connectivity index (χ3v) is 3.82.